The van der Waals surface area contributed by atoms with Crippen molar-refractivity contribution in [2.24, 2.45) is 0 Å². The molecule has 0 atom stereocenters. The van der Waals surface area contributed by atoms with E-state index in [2.05, 4.69) is 9.55 Å². The van der Waals surface area contributed by atoms with Gasteiger partial charge in [-0.2, -0.15) is 11.8 Å². The standard InChI is InChI=1S/C8H13ClN2S/c9-2-7-12-6-1-4-11-5-3-10-8-11/h3,5,8H,1-2,4,6-7H2. The van der Waals surface area contributed by atoms with E-state index >= 15 is 0 Å². The lowest BCUT2D eigenvalue weighted by molar-refractivity contribution is 0.683. The molecule has 0 bridgehead atoms. The first kappa shape index (κ1) is 9.93. The molecule has 0 amide bonds. The summed E-state index contributed by atoms with van der Waals surface area (Å²) in [6.45, 7) is 1.06. The van der Waals surface area contributed by atoms with Crippen molar-refractivity contribution in [3.05, 3.63) is 18.7 Å². The highest BCUT2D eigenvalue weighted by molar-refractivity contribution is 7.99. The van der Waals surface area contributed by atoms with Crippen molar-refractivity contribution in [1.82, 2.24) is 9.55 Å². The fraction of sp³-hybridized carbons (Fsp3) is 0.625. The van der Waals surface area contributed by atoms with E-state index in [9.17, 15) is 0 Å². The van der Waals surface area contributed by atoms with Gasteiger partial charge in [0.25, 0.3) is 0 Å². The van der Waals surface area contributed by atoms with Gasteiger partial charge < -0.3 is 4.57 Å². The first-order valence-electron chi connectivity index (χ1n) is 4.03. The third-order valence-corrected chi connectivity index (χ3v) is 2.97. The molecule has 0 N–H and O–H groups in total. The Hall–Kier alpha value is -0.150. The molecule has 1 rings (SSSR count). The van der Waals surface area contributed by atoms with E-state index in [1.54, 1.807) is 0 Å². The van der Waals surface area contributed by atoms with Crippen LogP contribution in [-0.4, -0.2) is 26.9 Å². The number of hydrogen-bond acceptors (Lipinski definition) is 2. The zero-order chi connectivity index (χ0) is 8.65. The Kier molecular flexibility index (Phi) is 5.28. The van der Waals surface area contributed by atoms with Crippen LogP contribution in [0.5, 0.6) is 0 Å². The minimum Gasteiger partial charge on any atom is -0.337 e. The van der Waals surface area contributed by atoms with E-state index in [1.165, 1.54) is 12.2 Å². The molecule has 0 unspecified atom stereocenters. The molecule has 1 aromatic heterocycles. The Bertz CT molecular complexity index is 189. The highest BCUT2D eigenvalue weighted by Crippen LogP contribution is 2.03. The summed E-state index contributed by atoms with van der Waals surface area (Å²) in [5, 5.41) is 0. The van der Waals surface area contributed by atoms with Crippen molar-refractivity contribution < 1.29 is 0 Å². The third kappa shape index (κ3) is 4.02. The Morgan fingerprint density at radius 2 is 2.33 bits per heavy atom. The third-order valence-electron chi connectivity index (χ3n) is 1.49. The molecule has 4 heteroatoms. The summed E-state index contributed by atoms with van der Waals surface area (Å²) in [7, 11) is 0. The second-order valence-electron chi connectivity index (χ2n) is 2.46. The number of thioether (sulfide) groups is 1. The predicted molar refractivity (Wildman–Crippen MR) is 54.9 cm³/mol. The average Bonchev–Trinajstić information content (AvgIpc) is 2.57. The van der Waals surface area contributed by atoms with Crippen LogP contribution in [0.3, 0.4) is 0 Å². The molecule has 1 heterocycles. The first-order chi connectivity index (χ1) is 5.93. The van der Waals surface area contributed by atoms with E-state index in [1.807, 2.05) is 30.5 Å². The van der Waals surface area contributed by atoms with Crippen molar-refractivity contribution >= 4 is 23.4 Å². The maximum absolute atomic E-state index is 5.54. The molecule has 0 saturated carbocycles. The number of hydrogen-bond donors (Lipinski definition) is 0. The van der Waals surface area contributed by atoms with Crippen LogP contribution in [0, 0.1) is 0 Å². The molecule has 1 aromatic rings. The first-order valence-corrected chi connectivity index (χ1v) is 5.72. The average molecular weight is 205 g/mol. The molecule has 0 fully saturated rings. The monoisotopic (exact) mass is 204 g/mol. The minimum atomic E-state index is 0.760. The van der Waals surface area contributed by atoms with Gasteiger partial charge in [0.15, 0.2) is 0 Å². The smallest absolute Gasteiger partial charge is 0.0945 e. The van der Waals surface area contributed by atoms with Gasteiger partial charge in [-0.3, -0.25) is 0 Å². The highest BCUT2D eigenvalue weighted by atomic mass is 35.5. The molecule has 68 valence electrons. The van der Waals surface area contributed by atoms with Crippen LogP contribution in [0.4, 0.5) is 0 Å². The molecule has 12 heavy (non-hydrogen) atoms. The minimum absolute atomic E-state index is 0.760. The quantitative estimate of drug-likeness (QED) is 0.523. The zero-order valence-electron chi connectivity index (χ0n) is 6.95. The van der Waals surface area contributed by atoms with E-state index < -0.39 is 0 Å². The van der Waals surface area contributed by atoms with Crippen LogP contribution in [0.25, 0.3) is 0 Å². The predicted octanol–water partition coefficient (Wildman–Crippen LogP) is 2.25. The number of nitrogens with zero attached hydrogens (tertiary/aromatic N) is 2. The number of imidazole rings is 1. The van der Waals surface area contributed by atoms with Gasteiger partial charge in [0, 0.05) is 30.6 Å². The van der Waals surface area contributed by atoms with Gasteiger partial charge >= 0.3 is 0 Å². The van der Waals surface area contributed by atoms with E-state index in [4.69, 9.17) is 11.6 Å². The van der Waals surface area contributed by atoms with Crippen molar-refractivity contribution in [3.8, 4) is 0 Å². The Labute approximate surface area is 82.3 Å². The van der Waals surface area contributed by atoms with Gasteiger partial charge in [0.1, 0.15) is 0 Å². The number of rotatable bonds is 6. The topological polar surface area (TPSA) is 17.8 Å². The van der Waals surface area contributed by atoms with E-state index in [-0.39, 0.29) is 0 Å². The maximum Gasteiger partial charge on any atom is 0.0945 e. The summed E-state index contributed by atoms with van der Waals surface area (Å²) in [6.07, 6.45) is 6.85. The summed E-state index contributed by atoms with van der Waals surface area (Å²) >= 11 is 7.45. The van der Waals surface area contributed by atoms with Crippen LogP contribution >= 0.6 is 23.4 Å². The maximum atomic E-state index is 5.54. The molecular formula is C8H13ClN2S. The lowest BCUT2D eigenvalue weighted by atomic mass is 10.5. The summed E-state index contributed by atoms with van der Waals surface area (Å²) < 4.78 is 2.10. The van der Waals surface area contributed by atoms with E-state index in [0.29, 0.717) is 0 Å². The molecule has 0 aliphatic rings. The lowest BCUT2D eigenvalue weighted by Crippen LogP contribution is -1.96. The zero-order valence-corrected chi connectivity index (χ0v) is 8.52. The van der Waals surface area contributed by atoms with Crippen LogP contribution in [0.2, 0.25) is 0 Å². The molecule has 2 nitrogen and oxygen atoms in total. The largest absolute Gasteiger partial charge is 0.337 e. The van der Waals surface area contributed by atoms with Gasteiger partial charge in [0.05, 0.1) is 6.33 Å². The van der Waals surface area contributed by atoms with E-state index in [0.717, 1.165) is 18.2 Å². The molecule has 0 radical (unpaired) electrons. The van der Waals surface area contributed by atoms with Gasteiger partial charge in [-0.1, -0.05) is 0 Å². The Balaban J connectivity index is 1.96. The molecule has 0 aromatic carbocycles. The fourth-order valence-corrected chi connectivity index (χ4v) is 1.90. The van der Waals surface area contributed by atoms with Crippen LogP contribution in [0.1, 0.15) is 6.42 Å². The van der Waals surface area contributed by atoms with Crippen molar-refractivity contribution in [3.63, 3.8) is 0 Å². The normalized spacial score (nSPS) is 10.4. The fourth-order valence-electron chi connectivity index (χ4n) is 0.925. The summed E-state index contributed by atoms with van der Waals surface area (Å²) in [6, 6.07) is 0. The summed E-state index contributed by atoms with van der Waals surface area (Å²) in [5.74, 6) is 3.01. The van der Waals surface area contributed by atoms with Crippen LogP contribution in [0.15, 0.2) is 18.7 Å². The molecule has 0 saturated heterocycles. The molecule has 0 aliphatic carbocycles. The number of halogens is 1. The van der Waals surface area contributed by atoms with Crippen molar-refractivity contribution in [2.45, 2.75) is 13.0 Å². The number of aromatic nitrogens is 2. The molecule has 0 spiro atoms. The van der Waals surface area contributed by atoms with Gasteiger partial charge in [-0.15, -0.1) is 11.6 Å². The van der Waals surface area contributed by atoms with Gasteiger partial charge in [0.2, 0.25) is 0 Å². The Morgan fingerprint density at radius 3 is 3.00 bits per heavy atom. The number of alkyl halides is 1. The van der Waals surface area contributed by atoms with Gasteiger partial charge in [-0.05, 0) is 12.2 Å². The summed E-state index contributed by atoms with van der Waals surface area (Å²) in [5.41, 5.74) is 0. The Morgan fingerprint density at radius 1 is 1.42 bits per heavy atom. The SMILES string of the molecule is ClCCSCCCn1ccnc1. The molecular weight excluding hydrogens is 192 g/mol. The van der Waals surface area contributed by atoms with Gasteiger partial charge in [-0.25, -0.2) is 4.98 Å². The molecule has 0 aliphatic heterocycles. The number of aryl methyl sites for hydroxylation is 1. The lowest BCUT2D eigenvalue weighted by Gasteiger charge is -2.00. The second-order valence-corrected chi connectivity index (χ2v) is 4.06. The van der Waals surface area contributed by atoms with Crippen LogP contribution in [-0.2, 0) is 6.54 Å². The summed E-state index contributed by atoms with van der Waals surface area (Å²) in [4.78, 5) is 3.97. The van der Waals surface area contributed by atoms with Crippen molar-refractivity contribution in [2.75, 3.05) is 17.4 Å². The highest BCUT2D eigenvalue weighted by Gasteiger charge is 1.90. The van der Waals surface area contributed by atoms with Crippen LogP contribution < -0.4 is 0 Å². The second kappa shape index (κ2) is 6.38. The van der Waals surface area contributed by atoms with Crippen molar-refractivity contribution in [1.29, 1.82) is 0 Å².